The molecular weight excluding hydrogens is 493 g/mol. The predicted molar refractivity (Wildman–Crippen MR) is 130 cm³/mol. The van der Waals surface area contributed by atoms with Crippen LogP contribution in [-0.4, -0.2) is 45.6 Å². The van der Waals surface area contributed by atoms with Crippen LogP contribution in [0.4, 0.5) is 13.2 Å². The zero-order valence-corrected chi connectivity index (χ0v) is 20.9. The Kier molecular flexibility index (Phi) is 12.4. The number of carbonyl (C=O) groups is 3. The van der Waals surface area contributed by atoms with Gasteiger partial charge in [0.2, 0.25) is 0 Å². The van der Waals surface area contributed by atoms with Crippen molar-refractivity contribution in [3.63, 3.8) is 0 Å². The minimum absolute atomic E-state index is 0.266. The average molecular weight is 521 g/mol. The van der Waals surface area contributed by atoms with Crippen molar-refractivity contribution in [1.29, 1.82) is 0 Å². The first-order chi connectivity index (χ1) is 17.4. The molecule has 198 valence electrons. The van der Waals surface area contributed by atoms with Crippen LogP contribution < -0.4 is 4.74 Å². The molecule has 0 saturated heterocycles. The lowest BCUT2D eigenvalue weighted by molar-refractivity contribution is -0.274. The summed E-state index contributed by atoms with van der Waals surface area (Å²) in [4.78, 5) is 32.9. The van der Waals surface area contributed by atoms with Gasteiger partial charge in [-0.25, -0.2) is 14.4 Å². The summed E-state index contributed by atoms with van der Waals surface area (Å²) < 4.78 is 52.8. The number of hydrogen-bond donors (Lipinski definition) is 0. The molecule has 0 aliphatic heterocycles. The number of esters is 3. The Balaban J connectivity index is 0.000000283. The van der Waals surface area contributed by atoms with Crippen LogP contribution >= 0.6 is 0 Å². The van der Waals surface area contributed by atoms with Crippen LogP contribution in [0.25, 0.3) is 0 Å². The Labute approximate surface area is 212 Å². The molecule has 3 aromatic rings. The highest BCUT2D eigenvalue weighted by atomic mass is 19.4. The van der Waals surface area contributed by atoms with Crippen molar-refractivity contribution in [2.75, 3.05) is 21.3 Å². The van der Waals surface area contributed by atoms with E-state index in [0.717, 1.165) is 24.3 Å². The Morgan fingerprint density at radius 1 is 0.622 bits per heavy atom. The van der Waals surface area contributed by atoms with Crippen LogP contribution in [0.3, 0.4) is 0 Å². The molecule has 10 heteroatoms. The summed E-state index contributed by atoms with van der Waals surface area (Å²) in [6, 6.07) is 19.5. The van der Waals surface area contributed by atoms with Crippen molar-refractivity contribution in [3.05, 3.63) is 101 Å². The number of para-hydroxylation sites is 1. The van der Waals surface area contributed by atoms with Gasteiger partial charge < -0.3 is 18.9 Å². The zero-order chi connectivity index (χ0) is 28.0. The summed E-state index contributed by atoms with van der Waals surface area (Å²) >= 11 is 0. The van der Waals surface area contributed by atoms with Crippen molar-refractivity contribution < 1.29 is 46.5 Å². The van der Waals surface area contributed by atoms with Gasteiger partial charge in [-0.2, -0.15) is 0 Å². The van der Waals surface area contributed by atoms with E-state index in [4.69, 9.17) is 0 Å². The second-order valence-corrected chi connectivity index (χ2v) is 7.25. The van der Waals surface area contributed by atoms with E-state index in [1.807, 2.05) is 38.1 Å². The van der Waals surface area contributed by atoms with Gasteiger partial charge in [-0.3, -0.25) is 0 Å². The quantitative estimate of drug-likeness (QED) is 0.311. The molecule has 0 fully saturated rings. The third-order valence-electron chi connectivity index (χ3n) is 4.43. The highest BCUT2D eigenvalue weighted by Gasteiger charge is 2.32. The first kappa shape index (κ1) is 30.7. The maximum Gasteiger partial charge on any atom is 0.573 e. The molecule has 0 saturated carbocycles. The standard InChI is InChI=1S/C9H7F3O3.2C9H10O2/c1-14-8(13)6-4-2-3-5-7(6)15-9(10,11)12;1-7-3-5-8(6-4-7)9(10)11-2;1-7-4-3-5-8(6-7)9(10)11-2/h2-5H,1H3;2*3-6H,1-2H3. The van der Waals surface area contributed by atoms with E-state index < -0.39 is 18.1 Å². The summed E-state index contributed by atoms with van der Waals surface area (Å²) in [7, 11) is 3.83. The van der Waals surface area contributed by atoms with Gasteiger partial charge in [-0.15, -0.1) is 13.2 Å². The van der Waals surface area contributed by atoms with E-state index >= 15 is 0 Å². The lowest BCUT2D eigenvalue weighted by atomic mass is 10.1. The number of alkyl halides is 3. The highest BCUT2D eigenvalue weighted by molar-refractivity contribution is 5.92. The topological polar surface area (TPSA) is 88.1 Å². The van der Waals surface area contributed by atoms with E-state index in [9.17, 15) is 27.6 Å². The number of carbonyl (C=O) groups excluding carboxylic acids is 3. The zero-order valence-electron chi connectivity index (χ0n) is 20.9. The molecule has 0 unspecified atom stereocenters. The molecule has 3 rings (SSSR count). The van der Waals surface area contributed by atoms with E-state index in [1.54, 1.807) is 24.3 Å². The molecule has 0 aliphatic rings. The van der Waals surface area contributed by atoms with Gasteiger partial charge in [0, 0.05) is 0 Å². The molecule has 0 N–H and O–H groups in total. The van der Waals surface area contributed by atoms with Gasteiger partial charge in [0.05, 0.1) is 32.5 Å². The fraction of sp³-hybridized carbons (Fsp3) is 0.222. The number of hydrogen-bond acceptors (Lipinski definition) is 7. The summed E-state index contributed by atoms with van der Waals surface area (Å²) in [6.07, 6.45) is -4.83. The van der Waals surface area contributed by atoms with Gasteiger partial charge in [0.15, 0.2) is 0 Å². The molecular formula is C27H27F3O7. The summed E-state index contributed by atoms with van der Waals surface area (Å²) in [5.74, 6) is -2.02. The number of aryl methyl sites for hydroxylation is 2. The molecule has 3 aromatic carbocycles. The maximum atomic E-state index is 11.9. The Bertz CT molecular complexity index is 1170. The normalized spacial score (nSPS) is 9.95. The minimum Gasteiger partial charge on any atom is -0.465 e. The maximum absolute atomic E-state index is 11.9. The molecule has 0 heterocycles. The molecule has 0 atom stereocenters. The monoisotopic (exact) mass is 520 g/mol. The second-order valence-electron chi connectivity index (χ2n) is 7.25. The van der Waals surface area contributed by atoms with Gasteiger partial charge in [-0.1, -0.05) is 47.5 Å². The largest absolute Gasteiger partial charge is 0.573 e. The highest BCUT2D eigenvalue weighted by Crippen LogP contribution is 2.26. The fourth-order valence-corrected chi connectivity index (χ4v) is 2.66. The third kappa shape index (κ3) is 11.3. The van der Waals surface area contributed by atoms with Crippen LogP contribution in [0, 0.1) is 13.8 Å². The van der Waals surface area contributed by atoms with Gasteiger partial charge >= 0.3 is 24.3 Å². The van der Waals surface area contributed by atoms with E-state index in [-0.39, 0.29) is 17.5 Å². The predicted octanol–water partition coefficient (Wildman–Crippen LogP) is 5.94. The second kappa shape index (κ2) is 14.9. The number of methoxy groups -OCH3 is 3. The number of ether oxygens (including phenoxy) is 4. The van der Waals surface area contributed by atoms with Crippen molar-refractivity contribution in [2.24, 2.45) is 0 Å². The van der Waals surface area contributed by atoms with Gasteiger partial charge in [0.1, 0.15) is 11.3 Å². The van der Waals surface area contributed by atoms with E-state index in [2.05, 4.69) is 18.9 Å². The van der Waals surface area contributed by atoms with Crippen molar-refractivity contribution >= 4 is 17.9 Å². The first-order valence-electron chi connectivity index (χ1n) is 10.6. The molecule has 0 aliphatic carbocycles. The molecule has 7 nitrogen and oxygen atoms in total. The summed E-state index contributed by atoms with van der Waals surface area (Å²) in [5.41, 5.74) is 3.13. The van der Waals surface area contributed by atoms with Crippen LogP contribution in [0.15, 0.2) is 72.8 Å². The number of benzene rings is 3. The Morgan fingerprint density at radius 3 is 1.68 bits per heavy atom. The third-order valence-corrected chi connectivity index (χ3v) is 4.43. The molecule has 37 heavy (non-hydrogen) atoms. The summed E-state index contributed by atoms with van der Waals surface area (Å²) in [5, 5.41) is 0. The van der Waals surface area contributed by atoms with Crippen LogP contribution in [-0.2, 0) is 14.2 Å². The lowest BCUT2D eigenvalue weighted by Gasteiger charge is -2.11. The number of halogens is 3. The van der Waals surface area contributed by atoms with Crippen molar-refractivity contribution in [1.82, 2.24) is 0 Å². The Morgan fingerprint density at radius 2 is 1.16 bits per heavy atom. The van der Waals surface area contributed by atoms with Gasteiger partial charge in [0.25, 0.3) is 0 Å². The lowest BCUT2D eigenvalue weighted by Crippen LogP contribution is -2.19. The first-order valence-corrected chi connectivity index (χ1v) is 10.6. The number of rotatable bonds is 4. The molecule has 0 spiro atoms. The Hall–Kier alpha value is -4.34. The smallest absolute Gasteiger partial charge is 0.465 e. The van der Waals surface area contributed by atoms with E-state index in [1.165, 1.54) is 32.4 Å². The van der Waals surface area contributed by atoms with Crippen LogP contribution in [0.5, 0.6) is 5.75 Å². The average Bonchev–Trinajstić information content (AvgIpc) is 2.88. The molecule has 0 aromatic heterocycles. The molecule has 0 amide bonds. The minimum atomic E-state index is -4.83. The van der Waals surface area contributed by atoms with Crippen molar-refractivity contribution in [3.8, 4) is 5.75 Å². The molecule has 0 radical (unpaired) electrons. The van der Waals surface area contributed by atoms with Gasteiger partial charge in [-0.05, 0) is 50.2 Å². The van der Waals surface area contributed by atoms with Crippen LogP contribution in [0.1, 0.15) is 42.2 Å². The SMILES string of the molecule is COC(=O)c1ccc(C)cc1.COC(=O)c1cccc(C)c1.COC(=O)c1ccccc1OC(F)(F)F. The van der Waals surface area contributed by atoms with E-state index in [0.29, 0.717) is 11.1 Å². The summed E-state index contributed by atoms with van der Waals surface area (Å²) in [6.45, 7) is 3.91. The van der Waals surface area contributed by atoms with Crippen LogP contribution in [0.2, 0.25) is 0 Å². The van der Waals surface area contributed by atoms with Crippen molar-refractivity contribution in [2.45, 2.75) is 20.2 Å². The molecule has 0 bridgehead atoms. The fourth-order valence-electron chi connectivity index (χ4n) is 2.66.